The van der Waals surface area contributed by atoms with Crippen molar-refractivity contribution in [3.63, 3.8) is 0 Å². The van der Waals surface area contributed by atoms with E-state index in [0.717, 1.165) is 11.3 Å². The first-order chi connectivity index (χ1) is 11.6. The van der Waals surface area contributed by atoms with Gasteiger partial charge in [-0.3, -0.25) is 14.9 Å². The van der Waals surface area contributed by atoms with Crippen molar-refractivity contribution in [1.29, 1.82) is 0 Å². The normalized spacial score (nSPS) is 16.8. The largest absolute Gasteiger partial charge is 0.326 e. The highest BCUT2D eigenvalue weighted by Crippen LogP contribution is 2.13. The smallest absolute Gasteiger partial charge is 0.249 e. The molecule has 3 rings (SSSR count). The quantitative estimate of drug-likeness (QED) is 0.811. The van der Waals surface area contributed by atoms with Gasteiger partial charge in [0.1, 0.15) is 6.04 Å². The Bertz CT molecular complexity index is 769. The number of aryl methyl sites for hydroxylation is 1. The van der Waals surface area contributed by atoms with Gasteiger partial charge in [0, 0.05) is 11.4 Å². The van der Waals surface area contributed by atoms with Crippen LogP contribution >= 0.6 is 0 Å². The van der Waals surface area contributed by atoms with Crippen LogP contribution < -0.4 is 16.0 Å². The lowest BCUT2D eigenvalue weighted by molar-refractivity contribution is -0.124. The Kier molecular flexibility index (Phi) is 4.56. The predicted molar refractivity (Wildman–Crippen MR) is 93.9 cm³/mol. The van der Waals surface area contributed by atoms with Gasteiger partial charge in [0.2, 0.25) is 17.8 Å². The maximum atomic E-state index is 12.3. The first-order valence-electron chi connectivity index (χ1n) is 7.67. The number of rotatable bonds is 3. The number of nitrogens with zero attached hydrogens (tertiary/aromatic N) is 1. The van der Waals surface area contributed by atoms with E-state index in [2.05, 4.69) is 20.9 Å². The Morgan fingerprint density at radius 3 is 2.50 bits per heavy atom. The number of nitrogens with one attached hydrogen (secondary N) is 3. The number of hydrogen-bond donors (Lipinski definition) is 3. The SMILES string of the molecule is Cc1ccc(NC2=N[C@H](C(=O)Nc3ccccc3)CC(=O)N2)cc1. The molecule has 3 N–H and O–H groups in total. The number of aliphatic imine (C=N–C) groups is 1. The number of para-hydroxylation sites is 1. The van der Waals surface area contributed by atoms with E-state index in [1.54, 1.807) is 12.1 Å². The maximum absolute atomic E-state index is 12.3. The van der Waals surface area contributed by atoms with Crippen molar-refractivity contribution in [2.75, 3.05) is 10.6 Å². The third-order valence-electron chi connectivity index (χ3n) is 3.58. The van der Waals surface area contributed by atoms with Gasteiger partial charge in [-0.1, -0.05) is 35.9 Å². The third-order valence-corrected chi connectivity index (χ3v) is 3.58. The summed E-state index contributed by atoms with van der Waals surface area (Å²) in [7, 11) is 0. The number of benzene rings is 2. The maximum Gasteiger partial charge on any atom is 0.249 e. The zero-order valence-electron chi connectivity index (χ0n) is 13.2. The van der Waals surface area contributed by atoms with Gasteiger partial charge in [-0.05, 0) is 31.2 Å². The van der Waals surface area contributed by atoms with Gasteiger partial charge in [-0.2, -0.15) is 0 Å². The van der Waals surface area contributed by atoms with Gasteiger partial charge < -0.3 is 10.6 Å². The van der Waals surface area contributed by atoms with Crippen LogP contribution in [-0.2, 0) is 9.59 Å². The second-order valence-electron chi connectivity index (χ2n) is 5.59. The van der Waals surface area contributed by atoms with Gasteiger partial charge in [-0.25, -0.2) is 4.99 Å². The van der Waals surface area contributed by atoms with Gasteiger partial charge in [-0.15, -0.1) is 0 Å². The van der Waals surface area contributed by atoms with E-state index in [-0.39, 0.29) is 24.2 Å². The number of carbonyl (C=O) groups excluding carboxylic acids is 2. The van der Waals surface area contributed by atoms with E-state index in [1.807, 2.05) is 49.4 Å². The molecule has 0 radical (unpaired) electrons. The van der Waals surface area contributed by atoms with E-state index >= 15 is 0 Å². The molecule has 1 atom stereocenters. The Hall–Kier alpha value is -3.15. The summed E-state index contributed by atoms with van der Waals surface area (Å²) in [6, 6.07) is 16.0. The zero-order chi connectivity index (χ0) is 16.9. The van der Waals surface area contributed by atoms with Crippen LogP contribution in [0.2, 0.25) is 0 Å². The van der Waals surface area contributed by atoms with Crippen LogP contribution in [0.3, 0.4) is 0 Å². The molecule has 6 nitrogen and oxygen atoms in total. The topological polar surface area (TPSA) is 82.6 Å². The molecule has 0 aliphatic carbocycles. The molecule has 0 spiro atoms. The second-order valence-corrected chi connectivity index (χ2v) is 5.59. The molecule has 0 unspecified atom stereocenters. The van der Waals surface area contributed by atoms with E-state index < -0.39 is 6.04 Å². The number of carbonyl (C=O) groups is 2. The fourth-order valence-corrected chi connectivity index (χ4v) is 2.33. The molecule has 0 aromatic heterocycles. The minimum Gasteiger partial charge on any atom is -0.326 e. The van der Waals surface area contributed by atoms with Crippen LogP contribution in [0.1, 0.15) is 12.0 Å². The van der Waals surface area contributed by atoms with E-state index in [9.17, 15) is 9.59 Å². The molecule has 6 heteroatoms. The molecule has 2 aromatic rings. The highest BCUT2D eigenvalue weighted by atomic mass is 16.2. The fourth-order valence-electron chi connectivity index (χ4n) is 2.33. The number of hydrogen-bond acceptors (Lipinski definition) is 4. The Labute approximate surface area is 140 Å². The minimum absolute atomic E-state index is 0.0255. The molecule has 0 saturated carbocycles. The fraction of sp³-hybridized carbons (Fsp3) is 0.167. The molecule has 2 amide bonds. The molecule has 24 heavy (non-hydrogen) atoms. The first kappa shape index (κ1) is 15.7. The lowest BCUT2D eigenvalue weighted by Gasteiger charge is -2.21. The molecule has 0 saturated heterocycles. The van der Waals surface area contributed by atoms with E-state index in [0.29, 0.717) is 5.69 Å². The average molecular weight is 322 g/mol. The third kappa shape index (κ3) is 3.98. The standard InChI is InChI=1S/C18H18N4O2/c1-12-7-9-14(10-8-12)20-18-21-15(11-16(23)22-18)17(24)19-13-5-3-2-4-6-13/h2-10,15H,11H2,1H3,(H,19,24)(H2,20,21,22,23)/t15-/m0/s1. The predicted octanol–water partition coefficient (Wildman–Crippen LogP) is 2.29. The Morgan fingerprint density at radius 2 is 1.79 bits per heavy atom. The first-order valence-corrected chi connectivity index (χ1v) is 7.67. The lowest BCUT2D eigenvalue weighted by atomic mass is 10.1. The molecule has 0 bridgehead atoms. The minimum atomic E-state index is -0.757. The molecule has 1 aliphatic rings. The zero-order valence-corrected chi connectivity index (χ0v) is 13.2. The summed E-state index contributed by atoms with van der Waals surface area (Å²) < 4.78 is 0. The molecular formula is C18H18N4O2. The van der Waals surface area contributed by atoms with Crippen molar-refractivity contribution in [2.24, 2.45) is 4.99 Å². The molecule has 0 fully saturated rings. The Balaban J connectivity index is 1.72. The molecule has 1 aliphatic heterocycles. The Morgan fingerprint density at radius 1 is 1.08 bits per heavy atom. The van der Waals surface area contributed by atoms with Crippen LogP contribution in [-0.4, -0.2) is 23.8 Å². The van der Waals surface area contributed by atoms with Crippen molar-refractivity contribution in [2.45, 2.75) is 19.4 Å². The number of amides is 2. The lowest BCUT2D eigenvalue weighted by Crippen LogP contribution is -2.45. The summed E-state index contributed by atoms with van der Waals surface area (Å²) in [5.41, 5.74) is 2.61. The number of guanidine groups is 1. The molecule has 2 aromatic carbocycles. The van der Waals surface area contributed by atoms with Gasteiger partial charge in [0.25, 0.3) is 0 Å². The van der Waals surface area contributed by atoms with Gasteiger partial charge >= 0.3 is 0 Å². The van der Waals surface area contributed by atoms with Crippen molar-refractivity contribution in [1.82, 2.24) is 5.32 Å². The summed E-state index contributed by atoms with van der Waals surface area (Å²) >= 11 is 0. The van der Waals surface area contributed by atoms with E-state index in [1.165, 1.54) is 0 Å². The van der Waals surface area contributed by atoms with Crippen LogP contribution in [0.4, 0.5) is 11.4 Å². The molecule has 1 heterocycles. The summed E-state index contributed by atoms with van der Waals surface area (Å²) in [5.74, 6) is -0.268. The van der Waals surface area contributed by atoms with Crippen molar-refractivity contribution >= 4 is 29.1 Å². The summed E-state index contributed by atoms with van der Waals surface area (Å²) in [4.78, 5) is 28.5. The monoisotopic (exact) mass is 322 g/mol. The van der Waals surface area contributed by atoms with Crippen LogP contribution in [0.5, 0.6) is 0 Å². The average Bonchev–Trinajstić information content (AvgIpc) is 2.57. The van der Waals surface area contributed by atoms with Crippen molar-refractivity contribution < 1.29 is 9.59 Å². The summed E-state index contributed by atoms with van der Waals surface area (Å²) in [6.45, 7) is 1.99. The number of anilines is 2. The van der Waals surface area contributed by atoms with Crippen LogP contribution in [0.25, 0.3) is 0 Å². The summed E-state index contributed by atoms with van der Waals surface area (Å²) in [5, 5.41) is 8.44. The highest BCUT2D eigenvalue weighted by molar-refractivity contribution is 6.09. The molecule has 122 valence electrons. The second kappa shape index (κ2) is 6.95. The molecular weight excluding hydrogens is 304 g/mol. The van der Waals surface area contributed by atoms with Crippen LogP contribution in [0.15, 0.2) is 59.6 Å². The summed E-state index contributed by atoms with van der Waals surface area (Å²) in [6.07, 6.45) is 0.0255. The van der Waals surface area contributed by atoms with Gasteiger partial charge in [0.15, 0.2) is 0 Å². The highest BCUT2D eigenvalue weighted by Gasteiger charge is 2.27. The van der Waals surface area contributed by atoms with Crippen molar-refractivity contribution in [3.05, 3.63) is 60.2 Å². The van der Waals surface area contributed by atoms with E-state index in [4.69, 9.17) is 0 Å². The van der Waals surface area contributed by atoms with Crippen LogP contribution in [0, 0.1) is 6.92 Å². The van der Waals surface area contributed by atoms with Crippen molar-refractivity contribution in [3.8, 4) is 0 Å². The van der Waals surface area contributed by atoms with Gasteiger partial charge in [0.05, 0.1) is 6.42 Å².